The molecule has 1 unspecified atom stereocenters. The molecule has 0 aliphatic rings. The summed E-state index contributed by atoms with van der Waals surface area (Å²) in [6, 6.07) is 9.80. The van der Waals surface area contributed by atoms with Crippen LogP contribution in [0, 0.1) is 0 Å². The topological polar surface area (TPSA) is 98.0 Å². The number of rotatable bonds is 3. The highest BCUT2D eigenvalue weighted by Gasteiger charge is 2.23. The monoisotopic (exact) mass is 260 g/mol. The molecule has 5 heteroatoms. The number of aldehydes is 1. The maximum absolute atomic E-state index is 10.7. The molecule has 0 heterocycles. The van der Waals surface area contributed by atoms with Gasteiger partial charge in [-0.2, -0.15) is 0 Å². The third kappa shape index (κ3) is 2.23. The fraction of sp³-hybridized carbons (Fsp3) is 0.0714. The molecule has 2 aromatic rings. The highest BCUT2D eigenvalue weighted by atomic mass is 16.3. The standard InChI is InChI=1S/C14H12O5/c15-7-11(17)12-9(8-4-2-1-3-5-8)6-10(16)13(18)14(12)19/h1-7,11,16-19H. The van der Waals surface area contributed by atoms with E-state index in [-0.39, 0.29) is 17.4 Å². The normalized spacial score (nSPS) is 12.1. The highest BCUT2D eigenvalue weighted by Crippen LogP contribution is 2.45. The lowest BCUT2D eigenvalue weighted by Gasteiger charge is -2.15. The number of carbonyl (C=O) groups excluding carboxylic acids is 1. The number of phenols is 3. The summed E-state index contributed by atoms with van der Waals surface area (Å²) in [5, 5.41) is 38.5. The van der Waals surface area contributed by atoms with E-state index < -0.39 is 23.4 Å². The van der Waals surface area contributed by atoms with E-state index >= 15 is 0 Å². The minimum Gasteiger partial charge on any atom is -0.504 e. The number of aliphatic hydroxyl groups is 1. The van der Waals surface area contributed by atoms with Crippen molar-refractivity contribution in [1.29, 1.82) is 0 Å². The van der Waals surface area contributed by atoms with E-state index in [1.54, 1.807) is 30.3 Å². The third-order valence-corrected chi connectivity index (χ3v) is 2.80. The van der Waals surface area contributed by atoms with Crippen LogP contribution in [0.5, 0.6) is 17.2 Å². The van der Waals surface area contributed by atoms with Crippen LogP contribution in [0.1, 0.15) is 11.7 Å². The Bertz CT molecular complexity index is 607. The molecule has 19 heavy (non-hydrogen) atoms. The van der Waals surface area contributed by atoms with E-state index in [0.717, 1.165) is 0 Å². The minimum atomic E-state index is -1.60. The van der Waals surface area contributed by atoms with Gasteiger partial charge in [0.1, 0.15) is 6.10 Å². The van der Waals surface area contributed by atoms with Crippen LogP contribution in [0.15, 0.2) is 36.4 Å². The summed E-state index contributed by atoms with van der Waals surface area (Å²) >= 11 is 0. The van der Waals surface area contributed by atoms with Gasteiger partial charge in [-0.15, -0.1) is 0 Å². The molecule has 98 valence electrons. The van der Waals surface area contributed by atoms with Crippen LogP contribution in [0.3, 0.4) is 0 Å². The van der Waals surface area contributed by atoms with Crippen LogP contribution in [-0.2, 0) is 4.79 Å². The Morgan fingerprint density at radius 2 is 1.63 bits per heavy atom. The number of carbonyl (C=O) groups is 1. The van der Waals surface area contributed by atoms with Crippen LogP contribution in [0.25, 0.3) is 11.1 Å². The fourth-order valence-electron chi connectivity index (χ4n) is 1.88. The molecule has 0 amide bonds. The molecule has 1 atom stereocenters. The molecular formula is C14H12O5. The molecule has 5 nitrogen and oxygen atoms in total. The Morgan fingerprint density at radius 3 is 2.21 bits per heavy atom. The Labute approximate surface area is 109 Å². The largest absolute Gasteiger partial charge is 0.504 e. The van der Waals surface area contributed by atoms with Crippen molar-refractivity contribution in [1.82, 2.24) is 0 Å². The second kappa shape index (κ2) is 4.99. The number of phenolic OH excluding ortho intramolecular Hbond substituents is 3. The Hall–Kier alpha value is -2.53. The molecule has 0 aliphatic carbocycles. The summed E-state index contributed by atoms with van der Waals surface area (Å²) in [5.41, 5.74) is 0.716. The first-order chi connectivity index (χ1) is 9.06. The zero-order valence-corrected chi connectivity index (χ0v) is 9.82. The van der Waals surface area contributed by atoms with Gasteiger partial charge in [-0.05, 0) is 17.2 Å². The van der Waals surface area contributed by atoms with Crippen LogP contribution in [0.4, 0.5) is 0 Å². The number of benzene rings is 2. The van der Waals surface area contributed by atoms with E-state index in [4.69, 9.17) is 0 Å². The van der Waals surface area contributed by atoms with E-state index in [1.807, 2.05) is 0 Å². The quantitative estimate of drug-likeness (QED) is 0.497. The lowest BCUT2D eigenvalue weighted by atomic mass is 9.94. The summed E-state index contributed by atoms with van der Waals surface area (Å²) < 4.78 is 0. The Kier molecular flexibility index (Phi) is 3.39. The first kappa shape index (κ1) is 12.9. The number of aliphatic hydroxyl groups excluding tert-OH is 1. The molecule has 0 radical (unpaired) electrons. The first-order valence-electron chi connectivity index (χ1n) is 5.52. The van der Waals surface area contributed by atoms with Gasteiger partial charge >= 0.3 is 0 Å². The summed E-state index contributed by atoms with van der Waals surface area (Å²) in [5.74, 6) is -2.01. The highest BCUT2D eigenvalue weighted by molar-refractivity contribution is 5.79. The average Bonchev–Trinajstić information content (AvgIpc) is 2.44. The molecule has 4 N–H and O–H groups in total. The van der Waals surface area contributed by atoms with Crippen molar-refractivity contribution < 1.29 is 25.2 Å². The predicted octanol–water partition coefficient (Wildman–Crippen LogP) is 1.70. The number of hydrogen-bond acceptors (Lipinski definition) is 5. The van der Waals surface area contributed by atoms with Gasteiger partial charge in [0.2, 0.25) is 5.75 Å². The average molecular weight is 260 g/mol. The number of hydrogen-bond donors (Lipinski definition) is 4. The van der Waals surface area contributed by atoms with E-state index in [9.17, 15) is 25.2 Å². The first-order valence-corrected chi connectivity index (χ1v) is 5.52. The van der Waals surface area contributed by atoms with E-state index in [2.05, 4.69) is 0 Å². The predicted molar refractivity (Wildman–Crippen MR) is 67.9 cm³/mol. The van der Waals surface area contributed by atoms with Crippen molar-refractivity contribution >= 4 is 6.29 Å². The van der Waals surface area contributed by atoms with E-state index in [0.29, 0.717) is 5.56 Å². The van der Waals surface area contributed by atoms with Crippen molar-refractivity contribution in [2.45, 2.75) is 6.10 Å². The molecular weight excluding hydrogens is 248 g/mol. The van der Waals surface area contributed by atoms with Gasteiger partial charge < -0.3 is 25.2 Å². The molecule has 0 aliphatic heterocycles. The molecule has 0 spiro atoms. The third-order valence-electron chi connectivity index (χ3n) is 2.80. The van der Waals surface area contributed by atoms with Crippen LogP contribution in [-0.4, -0.2) is 26.7 Å². The minimum absolute atomic E-state index is 0.142. The summed E-state index contributed by atoms with van der Waals surface area (Å²) in [7, 11) is 0. The van der Waals surface area contributed by atoms with Gasteiger partial charge in [0.25, 0.3) is 0 Å². The molecule has 2 rings (SSSR count). The molecule has 0 fully saturated rings. The maximum Gasteiger partial charge on any atom is 0.200 e. The smallest absolute Gasteiger partial charge is 0.200 e. The van der Waals surface area contributed by atoms with Crippen molar-refractivity contribution in [2.24, 2.45) is 0 Å². The van der Waals surface area contributed by atoms with Crippen molar-refractivity contribution in [3.63, 3.8) is 0 Å². The summed E-state index contributed by atoms with van der Waals surface area (Å²) in [4.78, 5) is 10.7. The molecule has 0 saturated heterocycles. The van der Waals surface area contributed by atoms with Crippen LogP contribution < -0.4 is 0 Å². The molecule has 0 saturated carbocycles. The SMILES string of the molecule is O=CC(O)c1c(-c2ccccc2)cc(O)c(O)c1O. The van der Waals surface area contributed by atoms with Gasteiger partial charge in [0.15, 0.2) is 17.8 Å². The van der Waals surface area contributed by atoms with E-state index in [1.165, 1.54) is 6.07 Å². The summed E-state index contributed by atoms with van der Waals surface area (Å²) in [6.07, 6.45) is -1.36. The van der Waals surface area contributed by atoms with Crippen molar-refractivity contribution in [3.05, 3.63) is 42.0 Å². The summed E-state index contributed by atoms with van der Waals surface area (Å²) in [6.45, 7) is 0. The zero-order valence-electron chi connectivity index (χ0n) is 9.82. The van der Waals surface area contributed by atoms with Crippen LogP contribution in [0.2, 0.25) is 0 Å². The molecule has 2 aromatic carbocycles. The lowest BCUT2D eigenvalue weighted by Crippen LogP contribution is -2.02. The maximum atomic E-state index is 10.7. The molecule has 0 aromatic heterocycles. The Morgan fingerprint density at radius 1 is 1.00 bits per heavy atom. The lowest BCUT2D eigenvalue weighted by molar-refractivity contribution is -0.115. The van der Waals surface area contributed by atoms with Gasteiger partial charge in [-0.25, -0.2) is 0 Å². The Balaban J connectivity index is 2.76. The zero-order chi connectivity index (χ0) is 14.0. The number of aromatic hydroxyl groups is 3. The van der Waals surface area contributed by atoms with Crippen LogP contribution >= 0.6 is 0 Å². The molecule has 0 bridgehead atoms. The second-order valence-corrected chi connectivity index (χ2v) is 4.00. The van der Waals surface area contributed by atoms with Gasteiger partial charge in [-0.3, -0.25) is 0 Å². The van der Waals surface area contributed by atoms with Gasteiger partial charge in [-0.1, -0.05) is 30.3 Å². The fourth-order valence-corrected chi connectivity index (χ4v) is 1.88. The van der Waals surface area contributed by atoms with Crippen molar-refractivity contribution in [2.75, 3.05) is 0 Å². The van der Waals surface area contributed by atoms with Crippen molar-refractivity contribution in [3.8, 4) is 28.4 Å². The van der Waals surface area contributed by atoms with Gasteiger partial charge in [0.05, 0.1) is 0 Å². The second-order valence-electron chi connectivity index (χ2n) is 4.00. The van der Waals surface area contributed by atoms with Gasteiger partial charge in [0, 0.05) is 5.56 Å².